The van der Waals surface area contributed by atoms with E-state index in [1.165, 1.54) is 11.3 Å². The van der Waals surface area contributed by atoms with E-state index in [-0.39, 0.29) is 6.54 Å². The summed E-state index contributed by atoms with van der Waals surface area (Å²) in [5.41, 5.74) is 4.52. The molecule has 1 amide bonds. The van der Waals surface area contributed by atoms with Gasteiger partial charge in [-0.1, -0.05) is 23.8 Å². The number of carbonyl (C=O) groups is 1. The lowest BCUT2D eigenvalue weighted by Gasteiger charge is -2.21. The van der Waals surface area contributed by atoms with Crippen LogP contribution in [0, 0.1) is 6.92 Å². The Bertz CT molecular complexity index is 826. The van der Waals surface area contributed by atoms with Crippen LogP contribution in [-0.2, 0) is 14.8 Å². The SMILES string of the molecule is C/C(=N/NC(=O)CN(c1ccc(C)cc1)S(C)(=O)=O)c1cccs1. The fourth-order valence-corrected chi connectivity index (χ4v) is 3.50. The van der Waals surface area contributed by atoms with Gasteiger partial charge in [0, 0.05) is 4.88 Å². The molecule has 1 heterocycles. The first-order chi connectivity index (χ1) is 11.3. The summed E-state index contributed by atoms with van der Waals surface area (Å²) >= 11 is 1.51. The number of amides is 1. The fraction of sp³-hybridized carbons (Fsp3) is 0.250. The Hall–Kier alpha value is -2.19. The molecule has 0 radical (unpaired) electrons. The molecule has 128 valence electrons. The molecule has 1 aromatic carbocycles. The van der Waals surface area contributed by atoms with E-state index in [0.717, 1.165) is 21.0 Å². The molecule has 24 heavy (non-hydrogen) atoms. The Morgan fingerprint density at radius 2 is 1.92 bits per heavy atom. The van der Waals surface area contributed by atoms with E-state index in [9.17, 15) is 13.2 Å². The number of hydrogen-bond donors (Lipinski definition) is 1. The minimum Gasteiger partial charge on any atom is -0.271 e. The van der Waals surface area contributed by atoms with Crippen molar-refractivity contribution < 1.29 is 13.2 Å². The molecular formula is C16H19N3O3S2. The molecule has 0 bridgehead atoms. The van der Waals surface area contributed by atoms with Gasteiger partial charge in [-0.05, 0) is 37.4 Å². The van der Waals surface area contributed by atoms with Gasteiger partial charge in [-0.25, -0.2) is 13.8 Å². The highest BCUT2D eigenvalue weighted by Crippen LogP contribution is 2.17. The Labute approximate surface area is 145 Å². The van der Waals surface area contributed by atoms with Crippen LogP contribution in [-0.4, -0.2) is 32.8 Å². The number of hydrogen-bond acceptors (Lipinski definition) is 5. The van der Waals surface area contributed by atoms with Crippen LogP contribution >= 0.6 is 11.3 Å². The van der Waals surface area contributed by atoms with Crippen molar-refractivity contribution in [3.63, 3.8) is 0 Å². The van der Waals surface area contributed by atoms with Gasteiger partial charge in [-0.3, -0.25) is 9.10 Å². The van der Waals surface area contributed by atoms with Gasteiger partial charge in [0.1, 0.15) is 6.54 Å². The van der Waals surface area contributed by atoms with E-state index in [0.29, 0.717) is 11.4 Å². The summed E-state index contributed by atoms with van der Waals surface area (Å²) in [5.74, 6) is -0.503. The molecule has 1 aromatic heterocycles. The smallest absolute Gasteiger partial charge is 0.260 e. The van der Waals surface area contributed by atoms with Crippen LogP contribution in [0.4, 0.5) is 5.69 Å². The van der Waals surface area contributed by atoms with Gasteiger partial charge < -0.3 is 0 Å². The molecule has 0 aliphatic carbocycles. The third-order valence-electron chi connectivity index (χ3n) is 3.24. The van der Waals surface area contributed by atoms with Crippen molar-refractivity contribution in [3.05, 3.63) is 52.2 Å². The number of nitrogens with one attached hydrogen (secondary N) is 1. The van der Waals surface area contributed by atoms with Gasteiger partial charge in [-0.15, -0.1) is 11.3 Å². The van der Waals surface area contributed by atoms with Crippen molar-refractivity contribution in [2.45, 2.75) is 13.8 Å². The van der Waals surface area contributed by atoms with Crippen LogP contribution in [0.1, 0.15) is 17.4 Å². The lowest BCUT2D eigenvalue weighted by atomic mass is 10.2. The Morgan fingerprint density at radius 1 is 1.25 bits per heavy atom. The van der Waals surface area contributed by atoms with Gasteiger partial charge >= 0.3 is 0 Å². The molecule has 0 aliphatic rings. The van der Waals surface area contributed by atoms with Gasteiger partial charge in [-0.2, -0.15) is 5.10 Å². The Balaban J connectivity index is 2.11. The number of hydrazone groups is 1. The van der Waals surface area contributed by atoms with Crippen LogP contribution in [0.2, 0.25) is 0 Å². The van der Waals surface area contributed by atoms with E-state index in [2.05, 4.69) is 10.5 Å². The van der Waals surface area contributed by atoms with E-state index < -0.39 is 15.9 Å². The van der Waals surface area contributed by atoms with E-state index >= 15 is 0 Å². The zero-order valence-corrected chi connectivity index (χ0v) is 15.3. The summed E-state index contributed by atoms with van der Waals surface area (Å²) in [6.45, 7) is 3.35. The van der Waals surface area contributed by atoms with Crippen LogP contribution in [0.5, 0.6) is 0 Å². The normalized spacial score (nSPS) is 12.0. The maximum absolute atomic E-state index is 12.1. The molecule has 0 saturated heterocycles. The van der Waals surface area contributed by atoms with Crippen molar-refractivity contribution in [3.8, 4) is 0 Å². The summed E-state index contributed by atoms with van der Waals surface area (Å²) < 4.78 is 25.0. The highest BCUT2D eigenvalue weighted by atomic mass is 32.2. The van der Waals surface area contributed by atoms with Gasteiger partial charge in [0.05, 0.1) is 17.7 Å². The molecule has 0 aliphatic heterocycles. The first-order valence-corrected chi connectivity index (χ1v) is 9.91. The van der Waals surface area contributed by atoms with Crippen molar-refractivity contribution >= 4 is 38.7 Å². The number of anilines is 1. The molecule has 1 N–H and O–H groups in total. The van der Waals surface area contributed by atoms with Crippen molar-refractivity contribution in [1.82, 2.24) is 5.43 Å². The van der Waals surface area contributed by atoms with Crippen molar-refractivity contribution in [2.24, 2.45) is 5.10 Å². The average Bonchev–Trinajstić information content (AvgIpc) is 3.05. The molecule has 2 aromatic rings. The van der Waals surface area contributed by atoms with Crippen LogP contribution in [0.3, 0.4) is 0 Å². The lowest BCUT2D eigenvalue weighted by Crippen LogP contribution is -2.39. The number of thiophene rings is 1. The Morgan fingerprint density at radius 3 is 2.46 bits per heavy atom. The third kappa shape index (κ3) is 4.90. The highest BCUT2D eigenvalue weighted by molar-refractivity contribution is 7.92. The first kappa shape index (κ1) is 18.2. The standard InChI is InChI=1S/C16H19N3O3S2/c1-12-6-8-14(9-7-12)19(24(3,21)22)11-16(20)18-17-13(2)15-5-4-10-23-15/h4-10H,11H2,1-3H3,(H,18,20)/b17-13-. The number of carbonyl (C=O) groups excluding carboxylic acids is 1. The number of sulfonamides is 1. The average molecular weight is 365 g/mol. The topological polar surface area (TPSA) is 78.8 Å². The van der Waals surface area contributed by atoms with E-state index in [1.807, 2.05) is 24.4 Å². The predicted molar refractivity (Wildman–Crippen MR) is 98.0 cm³/mol. The molecule has 8 heteroatoms. The molecule has 6 nitrogen and oxygen atoms in total. The largest absolute Gasteiger partial charge is 0.271 e. The molecular weight excluding hydrogens is 346 g/mol. The minimum absolute atomic E-state index is 0.330. The number of nitrogens with zero attached hydrogens (tertiary/aromatic N) is 2. The second-order valence-corrected chi connectivity index (χ2v) is 8.17. The summed E-state index contributed by atoms with van der Waals surface area (Å²) in [5, 5.41) is 5.93. The summed E-state index contributed by atoms with van der Waals surface area (Å²) in [4.78, 5) is 13.0. The van der Waals surface area contributed by atoms with Crippen molar-refractivity contribution in [1.29, 1.82) is 0 Å². The fourth-order valence-electron chi connectivity index (χ4n) is 1.96. The molecule has 0 atom stereocenters. The maximum Gasteiger partial charge on any atom is 0.260 e. The predicted octanol–water partition coefficient (Wildman–Crippen LogP) is 2.36. The van der Waals surface area contributed by atoms with E-state index in [4.69, 9.17) is 0 Å². The van der Waals surface area contributed by atoms with E-state index in [1.54, 1.807) is 31.2 Å². The highest BCUT2D eigenvalue weighted by Gasteiger charge is 2.20. The minimum atomic E-state index is -3.58. The van der Waals surface area contributed by atoms with Crippen LogP contribution in [0.25, 0.3) is 0 Å². The van der Waals surface area contributed by atoms with Gasteiger partial charge in [0.2, 0.25) is 10.0 Å². The van der Waals surface area contributed by atoms with Crippen molar-refractivity contribution in [2.75, 3.05) is 17.1 Å². The zero-order chi connectivity index (χ0) is 17.7. The molecule has 0 spiro atoms. The number of rotatable bonds is 6. The second kappa shape index (κ2) is 7.59. The molecule has 2 rings (SSSR count). The van der Waals surface area contributed by atoms with Crippen LogP contribution in [0.15, 0.2) is 46.9 Å². The summed E-state index contributed by atoms with van der Waals surface area (Å²) in [6, 6.07) is 10.7. The number of benzene rings is 1. The molecule has 0 unspecified atom stereocenters. The van der Waals surface area contributed by atoms with Gasteiger partial charge in [0.15, 0.2) is 0 Å². The monoisotopic (exact) mass is 365 g/mol. The quantitative estimate of drug-likeness (QED) is 0.630. The van der Waals surface area contributed by atoms with Crippen LogP contribution < -0.4 is 9.73 Å². The lowest BCUT2D eigenvalue weighted by molar-refractivity contribution is -0.119. The third-order valence-corrected chi connectivity index (χ3v) is 5.35. The number of aryl methyl sites for hydroxylation is 1. The second-order valence-electron chi connectivity index (χ2n) is 5.31. The zero-order valence-electron chi connectivity index (χ0n) is 13.7. The summed E-state index contributed by atoms with van der Waals surface area (Å²) in [6.07, 6.45) is 1.07. The first-order valence-electron chi connectivity index (χ1n) is 7.19. The van der Waals surface area contributed by atoms with Gasteiger partial charge in [0.25, 0.3) is 5.91 Å². The maximum atomic E-state index is 12.1. The molecule has 0 fully saturated rings. The molecule has 0 saturated carbocycles. The Kier molecular flexibility index (Phi) is 5.74. The summed E-state index contributed by atoms with van der Waals surface area (Å²) in [7, 11) is -3.58.